The van der Waals surface area contributed by atoms with Gasteiger partial charge >= 0.3 is 0 Å². The zero-order valence-electron chi connectivity index (χ0n) is 11.1. The summed E-state index contributed by atoms with van der Waals surface area (Å²) < 4.78 is 24.5. The fourth-order valence-corrected chi connectivity index (χ4v) is 4.07. The third-order valence-corrected chi connectivity index (χ3v) is 5.91. The number of hydrogen-bond donors (Lipinski definition) is 1. The molecule has 5 heteroatoms. The quantitative estimate of drug-likeness (QED) is 0.818. The van der Waals surface area contributed by atoms with Crippen LogP contribution in [0.3, 0.4) is 0 Å². The molecule has 0 radical (unpaired) electrons. The molecule has 3 rings (SSSR count). The first-order chi connectivity index (χ1) is 8.54. The number of piperidine rings is 1. The molecule has 18 heavy (non-hydrogen) atoms. The second-order valence-electron chi connectivity index (χ2n) is 6.30. The van der Waals surface area contributed by atoms with Gasteiger partial charge in [-0.3, -0.25) is 0 Å². The summed E-state index contributed by atoms with van der Waals surface area (Å²) in [4.78, 5) is 0. The summed E-state index contributed by atoms with van der Waals surface area (Å²) in [7, 11) is -2.98. The van der Waals surface area contributed by atoms with E-state index in [1.165, 1.54) is 31.9 Å². The minimum Gasteiger partial charge on any atom is -0.311 e. The molecule has 0 amide bonds. The molecule has 2 saturated carbocycles. The summed E-state index contributed by atoms with van der Waals surface area (Å²) in [6.07, 6.45) is 8.86. The van der Waals surface area contributed by atoms with E-state index in [1.807, 2.05) is 0 Å². The number of nitrogens with zero attached hydrogens (tertiary/aromatic N) is 1. The summed E-state index contributed by atoms with van der Waals surface area (Å²) in [5, 5.41) is 3.83. The predicted octanol–water partition coefficient (Wildman–Crippen LogP) is 1.19. The standard InChI is InChI=1S/C13H24N2O2S/c1-18(16,17)15-8-6-12(7-9-15)14-13(10-2-3-10)11-4-5-11/h10-14H,2-9H2,1H3. The van der Waals surface area contributed by atoms with Crippen molar-refractivity contribution in [2.45, 2.75) is 50.6 Å². The fourth-order valence-electron chi connectivity index (χ4n) is 3.19. The molecular formula is C13H24N2O2S. The van der Waals surface area contributed by atoms with Crippen LogP contribution < -0.4 is 5.32 Å². The van der Waals surface area contributed by atoms with E-state index in [2.05, 4.69) is 5.32 Å². The lowest BCUT2D eigenvalue weighted by molar-refractivity contribution is 0.257. The van der Waals surface area contributed by atoms with Crippen LogP contribution in [0.2, 0.25) is 0 Å². The summed E-state index contributed by atoms with van der Waals surface area (Å²) in [6.45, 7) is 1.39. The first kappa shape index (κ1) is 12.9. The molecule has 1 aliphatic heterocycles. The van der Waals surface area contributed by atoms with Gasteiger partial charge in [0.2, 0.25) is 10.0 Å². The van der Waals surface area contributed by atoms with Crippen molar-refractivity contribution >= 4 is 10.0 Å². The molecule has 3 aliphatic rings. The van der Waals surface area contributed by atoms with Crippen molar-refractivity contribution in [2.75, 3.05) is 19.3 Å². The van der Waals surface area contributed by atoms with Crippen molar-refractivity contribution in [2.24, 2.45) is 11.8 Å². The molecule has 0 aromatic rings. The van der Waals surface area contributed by atoms with Crippen molar-refractivity contribution in [1.29, 1.82) is 0 Å². The summed E-state index contributed by atoms with van der Waals surface area (Å²) in [5.41, 5.74) is 0. The molecular weight excluding hydrogens is 248 g/mol. The minimum absolute atomic E-state index is 0.536. The van der Waals surface area contributed by atoms with Gasteiger partial charge in [0.25, 0.3) is 0 Å². The number of rotatable bonds is 5. The largest absolute Gasteiger partial charge is 0.311 e. The Hall–Kier alpha value is -0.130. The van der Waals surface area contributed by atoms with Crippen LogP contribution in [0, 0.1) is 11.8 Å². The lowest BCUT2D eigenvalue weighted by Crippen LogP contribution is -2.48. The van der Waals surface area contributed by atoms with Gasteiger partial charge < -0.3 is 5.32 Å². The maximum Gasteiger partial charge on any atom is 0.211 e. The molecule has 1 saturated heterocycles. The fraction of sp³-hybridized carbons (Fsp3) is 1.00. The Morgan fingerprint density at radius 1 is 1.00 bits per heavy atom. The van der Waals surface area contributed by atoms with E-state index in [9.17, 15) is 8.42 Å². The highest BCUT2D eigenvalue weighted by Crippen LogP contribution is 2.44. The Morgan fingerprint density at radius 2 is 1.50 bits per heavy atom. The van der Waals surface area contributed by atoms with Crippen LogP contribution in [0.15, 0.2) is 0 Å². The van der Waals surface area contributed by atoms with Crippen LogP contribution in [-0.4, -0.2) is 44.2 Å². The molecule has 1 heterocycles. The smallest absolute Gasteiger partial charge is 0.211 e. The highest BCUT2D eigenvalue weighted by Gasteiger charge is 2.42. The Morgan fingerprint density at radius 3 is 1.89 bits per heavy atom. The van der Waals surface area contributed by atoms with Crippen LogP contribution in [-0.2, 0) is 10.0 Å². The number of nitrogens with one attached hydrogen (secondary N) is 1. The average Bonchev–Trinajstić information content (AvgIpc) is 3.16. The molecule has 0 aromatic heterocycles. The number of sulfonamides is 1. The first-order valence-corrected chi connectivity index (χ1v) is 9.10. The van der Waals surface area contributed by atoms with E-state index in [0.717, 1.165) is 30.7 Å². The van der Waals surface area contributed by atoms with Gasteiger partial charge in [-0.15, -0.1) is 0 Å². The third-order valence-electron chi connectivity index (χ3n) is 4.61. The highest BCUT2D eigenvalue weighted by atomic mass is 32.2. The number of hydrogen-bond acceptors (Lipinski definition) is 3. The Balaban J connectivity index is 1.50. The Bertz CT molecular complexity index is 381. The average molecular weight is 272 g/mol. The second-order valence-corrected chi connectivity index (χ2v) is 8.29. The predicted molar refractivity (Wildman–Crippen MR) is 71.8 cm³/mol. The van der Waals surface area contributed by atoms with Gasteiger partial charge in [0.1, 0.15) is 0 Å². The van der Waals surface area contributed by atoms with Gasteiger partial charge in [-0.1, -0.05) is 0 Å². The van der Waals surface area contributed by atoms with Gasteiger partial charge in [-0.05, 0) is 50.4 Å². The van der Waals surface area contributed by atoms with Crippen molar-refractivity contribution in [3.63, 3.8) is 0 Å². The molecule has 3 fully saturated rings. The lowest BCUT2D eigenvalue weighted by atomic mass is 10.0. The molecule has 1 N–H and O–H groups in total. The minimum atomic E-state index is -2.98. The summed E-state index contributed by atoms with van der Waals surface area (Å²) >= 11 is 0. The van der Waals surface area contributed by atoms with E-state index < -0.39 is 10.0 Å². The van der Waals surface area contributed by atoms with Crippen molar-refractivity contribution < 1.29 is 8.42 Å². The lowest BCUT2D eigenvalue weighted by Gasteiger charge is -2.33. The van der Waals surface area contributed by atoms with Crippen molar-refractivity contribution in [3.8, 4) is 0 Å². The van der Waals surface area contributed by atoms with E-state index in [1.54, 1.807) is 4.31 Å². The van der Waals surface area contributed by atoms with Crippen molar-refractivity contribution in [1.82, 2.24) is 9.62 Å². The Labute approximate surface area is 110 Å². The summed E-state index contributed by atoms with van der Waals surface area (Å²) in [5.74, 6) is 1.84. The molecule has 0 aromatic carbocycles. The summed E-state index contributed by atoms with van der Waals surface area (Å²) in [6, 6.07) is 1.27. The van der Waals surface area contributed by atoms with Crippen LogP contribution in [0.5, 0.6) is 0 Å². The molecule has 4 nitrogen and oxygen atoms in total. The monoisotopic (exact) mass is 272 g/mol. The maximum absolute atomic E-state index is 11.5. The molecule has 104 valence electrons. The zero-order valence-corrected chi connectivity index (χ0v) is 12.0. The van der Waals surface area contributed by atoms with Gasteiger partial charge in [0.15, 0.2) is 0 Å². The molecule has 0 unspecified atom stereocenters. The van der Waals surface area contributed by atoms with Crippen LogP contribution >= 0.6 is 0 Å². The van der Waals surface area contributed by atoms with Gasteiger partial charge in [-0.25, -0.2) is 12.7 Å². The van der Waals surface area contributed by atoms with Crippen LogP contribution in [0.4, 0.5) is 0 Å². The normalized spacial score (nSPS) is 27.9. The molecule has 0 atom stereocenters. The molecule has 0 bridgehead atoms. The SMILES string of the molecule is CS(=O)(=O)N1CCC(NC(C2CC2)C2CC2)CC1. The first-order valence-electron chi connectivity index (χ1n) is 7.25. The van der Waals surface area contributed by atoms with Gasteiger partial charge in [-0.2, -0.15) is 0 Å². The van der Waals surface area contributed by atoms with E-state index in [0.29, 0.717) is 19.1 Å². The van der Waals surface area contributed by atoms with Crippen LogP contribution in [0.1, 0.15) is 38.5 Å². The van der Waals surface area contributed by atoms with Gasteiger partial charge in [0, 0.05) is 25.2 Å². The van der Waals surface area contributed by atoms with E-state index in [4.69, 9.17) is 0 Å². The zero-order chi connectivity index (χ0) is 12.8. The van der Waals surface area contributed by atoms with Gasteiger partial charge in [0.05, 0.1) is 6.26 Å². The topological polar surface area (TPSA) is 49.4 Å². The molecule has 0 spiro atoms. The van der Waals surface area contributed by atoms with Crippen molar-refractivity contribution in [3.05, 3.63) is 0 Å². The maximum atomic E-state index is 11.5. The Kier molecular flexibility index (Phi) is 3.41. The highest BCUT2D eigenvalue weighted by molar-refractivity contribution is 7.88. The second kappa shape index (κ2) is 4.76. The van der Waals surface area contributed by atoms with E-state index >= 15 is 0 Å². The van der Waals surface area contributed by atoms with E-state index in [-0.39, 0.29) is 0 Å². The third kappa shape index (κ3) is 3.06. The van der Waals surface area contributed by atoms with Crippen LogP contribution in [0.25, 0.3) is 0 Å². The molecule has 2 aliphatic carbocycles.